The monoisotopic (exact) mass is 626 g/mol. The van der Waals surface area contributed by atoms with Gasteiger partial charge in [-0.1, -0.05) is 155 Å². The fourth-order valence-electron chi connectivity index (χ4n) is 7.69. The van der Waals surface area contributed by atoms with E-state index < -0.39 is 0 Å². The summed E-state index contributed by atoms with van der Waals surface area (Å²) in [5, 5.41) is 0. The fourth-order valence-corrected chi connectivity index (χ4v) is 11.2. The van der Waals surface area contributed by atoms with Gasteiger partial charge >= 0.3 is 0 Å². The minimum atomic E-state index is -0.218. The van der Waals surface area contributed by atoms with Crippen molar-refractivity contribution in [1.82, 2.24) is 0 Å². The van der Waals surface area contributed by atoms with Crippen molar-refractivity contribution in [3.05, 3.63) is 16.7 Å². The second kappa shape index (κ2) is 26.9. The van der Waals surface area contributed by atoms with Crippen LogP contribution in [-0.2, 0) is 14.4 Å². The molecule has 4 heteroatoms. The summed E-state index contributed by atoms with van der Waals surface area (Å²) in [6.07, 6.45) is 39.8. The molecule has 1 saturated heterocycles. The molecule has 2 rings (SSSR count). The fraction of sp³-hybridized carbons (Fsp3) is 0.850. The molecule has 3 atom stereocenters. The van der Waals surface area contributed by atoms with Gasteiger partial charge < -0.3 is 0 Å². The molecule has 0 bridgehead atoms. The van der Waals surface area contributed by atoms with E-state index in [0.717, 1.165) is 32.1 Å². The molecule has 0 aromatic rings. The highest BCUT2D eigenvalue weighted by Crippen LogP contribution is 2.53. The van der Waals surface area contributed by atoms with Gasteiger partial charge in [-0.2, -0.15) is 0 Å². The summed E-state index contributed by atoms with van der Waals surface area (Å²) in [7, 11) is -0.218. The molecular weight excluding hydrogens is 559 g/mol. The Morgan fingerprint density at radius 3 is 1.59 bits per heavy atom. The normalized spacial score (nSPS) is 22.0. The summed E-state index contributed by atoms with van der Waals surface area (Å²) >= 11 is 0. The van der Waals surface area contributed by atoms with E-state index in [9.17, 15) is 14.4 Å². The van der Waals surface area contributed by atoms with Crippen molar-refractivity contribution < 1.29 is 14.4 Å². The van der Waals surface area contributed by atoms with Crippen LogP contribution in [0.15, 0.2) is 16.7 Å². The van der Waals surface area contributed by atoms with Crippen molar-refractivity contribution in [3.8, 4) is 0 Å². The zero-order chi connectivity index (χ0) is 31.5. The SMILES string of the molecule is CCCCCCCCCCCCCCCCCCCCP1CCCCCCCC1C1CCCCCC(=C=O)C(=C=O)C1=C=O. The van der Waals surface area contributed by atoms with Gasteiger partial charge in [0.1, 0.15) is 17.8 Å². The Labute approximate surface area is 273 Å². The highest BCUT2D eigenvalue weighted by atomic mass is 31.1. The topological polar surface area (TPSA) is 51.2 Å². The largest absolute Gasteiger partial charge is 0.233 e. The third-order valence-corrected chi connectivity index (χ3v) is 13.7. The van der Waals surface area contributed by atoms with Gasteiger partial charge in [0, 0.05) is 5.92 Å². The van der Waals surface area contributed by atoms with Crippen molar-refractivity contribution >= 4 is 25.7 Å². The van der Waals surface area contributed by atoms with E-state index in [2.05, 4.69) is 12.9 Å². The van der Waals surface area contributed by atoms with Crippen LogP contribution < -0.4 is 0 Å². The van der Waals surface area contributed by atoms with Crippen LogP contribution in [0.2, 0.25) is 0 Å². The van der Waals surface area contributed by atoms with Crippen LogP contribution in [0.5, 0.6) is 0 Å². The molecule has 1 aliphatic heterocycles. The summed E-state index contributed by atoms with van der Waals surface area (Å²) in [5.74, 6) is 6.23. The summed E-state index contributed by atoms with van der Waals surface area (Å²) in [5.41, 5.74) is 1.46. The number of rotatable bonds is 20. The van der Waals surface area contributed by atoms with Crippen molar-refractivity contribution in [2.75, 3.05) is 12.3 Å². The van der Waals surface area contributed by atoms with E-state index in [1.807, 2.05) is 11.9 Å². The van der Waals surface area contributed by atoms with Gasteiger partial charge in [-0.3, -0.25) is 0 Å². The first kappa shape index (κ1) is 39.0. The zero-order valence-corrected chi connectivity index (χ0v) is 29.6. The van der Waals surface area contributed by atoms with E-state index in [-0.39, 0.29) is 19.4 Å². The molecule has 3 nitrogen and oxygen atoms in total. The van der Waals surface area contributed by atoms with Gasteiger partial charge in [-0.25, -0.2) is 14.4 Å². The molecule has 0 N–H and O–H groups in total. The van der Waals surface area contributed by atoms with E-state index >= 15 is 0 Å². The molecule has 0 spiro atoms. The van der Waals surface area contributed by atoms with Crippen molar-refractivity contribution in [2.45, 2.75) is 199 Å². The predicted octanol–water partition coefficient (Wildman–Crippen LogP) is 12.1. The highest BCUT2D eigenvalue weighted by molar-refractivity contribution is 7.58. The van der Waals surface area contributed by atoms with Crippen LogP contribution in [0.25, 0.3) is 0 Å². The van der Waals surface area contributed by atoms with Gasteiger partial charge in [-0.15, -0.1) is 7.92 Å². The Kier molecular flexibility index (Phi) is 23.9. The van der Waals surface area contributed by atoms with Crippen LogP contribution in [-0.4, -0.2) is 35.8 Å². The Hall–Kier alpha value is -1.22. The number of carbonyl (C=O) groups excluding carboxylic acids is 3. The second-order valence-electron chi connectivity index (χ2n) is 13.9. The first-order valence-corrected chi connectivity index (χ1v) is 21.0. The van der Waals surface area contributed by atoms with Gasteiger partial charge in [0.15, 0.2) is 0 Å². The maximum atomic E-state index is 12.4. The summed E-state index contributed by atoms with van der Waals surface area (Å²) in [6, 6.07) is 0. The molecule has 0 radical (unpaired) electrons. The van der Waals surface area contributed by atoms with Gasteiger partial charge in [0.05, 0.1) is 16.7 Å². The van der Waals surface area contributed by atoms with Crippen LogP contribution in [0.3, 0.4) is 0 Å². The number of unbranched alkanes of at least 4 members (excludes halogenated alkanes) is 17. The van der Waals surface area contributed by atoms with Crippen LogP contribution in [0.4, 0.5) is 0 Å². The molecule has 0 amide bonds. The maximum absolute atomic E-state index is 12.4. The minimum Gasteiger partial charge on any atom is -0.233 e. The molecule has 2 aliphatic rings. The lowest BCUT2D eigenvalue weighted by Gasteiger charge is -2.35. The van der Waals surface area contributed by atoms with Crippen LogP contribution in [0.1, 0.15) is 193 Å². The lowest BCUT2D eigenvalue weighted by molar-refractivity contribution is 0.469. The third-order valence-electron chi connectivity index (χ3n) is 10.4. The van der Waals surface area contributed by atoms with E-state index in [1.165, 1.54) is 160 Å². The smallest absolute Gasteiger partial charge is 0.134 e. The standard InChI is InChI=1S/C40H67O3P/c1-2-3-4-5-6-7-8-9-10-11-12-13-14-15-16-17-20-26-31-44-32-27-21-18-19-25-30-40(44)37-29-24-22-23-28-36(33-41)38(34-42)39(37)35-43/h37,40H,2-32H2,1H3. The average molecular weight is 627 g/mol. The molecule has 0 aromatic carbocycles. The van der Waals surface area contributed by atoms with Crippen LogP contribution in [0, 0.1) is 5.92 Å². The molecule has 2 fully saturated rings. The summed E-state index contributed by atoms with van der Waals surface area (Å²) in [4.78, 5) is 36.2. The van der Waals surface area contributed by atoms with Gasteiger partial charge in [0.2, 0.25) is 0 Å². The first-order chi connectivity index (χ1) is 21.8. The molecule has 1 heterocycles. The average Bonchev–Trinajstić information content (AvgIpc) is 3.21. The summed E-state index contributed by atoms with van der Waals surface area (Å²) in [6.45, 7) is 2.29. The van der Waals surface area contributed by atoms with Gasteiger partial charge in [-0.05, 0) is 56.5 Å². The second-order valence-corrected chi connectivity index (χ2v) is 16.7. The summed E-state index contributed by atoms with van der Waals surface area (Å²) < 4.78 is 0. The Bertz CT molecular complexity index is 890. The molecule has 44 heavy (non-hydrogen) atoms. The van der Waals surface area contributed by atoms with Crippen molar-refractivity contribution in [3.63, 3.8) is 0 Å². The lowest BCUT2D eigenvalue weighted by Crippen LogP contribution is -2.25. The van der Waals surface area contributed by atoms with E-state index in [1.54, 1.807) is 0 Å². The van der Waals surface area contributed by atoms with E-state index in [0.29, 0.717) is 23.2 Å². The molecule has 250 valence electrons. The first-order valence-electron chi connectivity index (χ1n) is 19.3. The Morgan fingerprint density at radius 2 is 1.05 bits per heavy atom. The zero-order valence-electron chi connectivity index (χ0n) is 28.7. The number of hydrogen-bond donors (Lipinski definition) is 0. The van der Waals surface area contributed by atoms with E-state index in [4.69, 9.17) is 0 Å². The molecule has 3 unspecified atom stereocenters. The predicted molar refractivity (Wildman–Crippen MR) is 191 cm³/mol. The Balaban J connectivity index is 1.73. The van der Waals surface area contributed by atoms with Gasteiger partial charge in [0.25, 0.3) is 0 Å². The molecule has 0 aromatic heterocycles. The quantitative estimate of drug-likeness (QED) is 0.0767. The van der Waals surface area contributed by atoms with Crippen molar-refractivity contribution in [1.29, 1.82) is 0 Å². The highest BCUT2D eigenvalue weighted by Gasteiger charge is 2.35. The molecular formula is C40H67O3P. The third kappa shape index (κ3) is 16.4. The lowest BCUT2D eigenvalue weighted by atomic mass is 9.83. The number of hydrogen-bond acceptors (Lipinski definition) is 3. The van der Waals surface area contributed by atoms with Crippen LogP contribution >= 0.6 is 7.92 Å². The maximum Gasteiger partial charge on any atom is 0.134 e. The Morgan fingerprint density at radius 1 is 0.545 bits per heavy atom. The minimum absolute atomic E-state index is 0.0464. The molecule has 1 aliphatic carbocycles. The molecule has 1 saturated carbocycles. The van der Waals surface area contributed by atoms with Crippen molar-refractivity contribution in [2.24, 2.45) is 5.92 Å². The number of allylic oxidation sites excluding steroid dienone is 3.